The number of aryl methyl sites for hydroxylation is 1. The van der Waals surface area contributed by atoms with Crippen molar-refractivity contribution >= 4 is 0 Å². The van der Waals surface area contributed by atoms with Crippen molar-refractivity contribution in [1.29, 1.82) is 0 Å². The summed E-state index contributed by atoms with van der Waals surface area (Å²) in [6.45, 7) is 8.77. The van der Waals surface area contributed by atoms with Crippen LogP contribution in [-0.4, -0.2) is 30.2 Å². The SMILES string of the molecule is CC(C)Cn1nnc2c1CC(c1nc(-c3ccc(C(C)(C)O)cc3)no1)CC2. The molecule has 1 aliphatic rings. The Morgan fingerprint density at radius 3 is 2.68 bits per heavy atom. The van der Waals surface area contributed by atoms with Crippen molar-refractivity contribution < 1.29 is 9.63 Å². The molecule has 1 unspecified atom stereocenters. The molecule has 3 aromatic rings. The molecule has 0 spiro atoms. The first kappa shape index (κ1) is 18.8. The van der Waals surface area contributed by atoms with Gasteiger partial charge in [0.1, 0.15) is 0 Å². The second kappa shape index (κ2) is 7.13. The molecule has 7 nitrogen and oxygen atoms in total. The molecule has 7 heteroatoms. The first-order valence-electron chi connectivity index (χ1n) is 9.89. The molecule has 1 N–H and O–H groups in total. The Morgan fingerprint density at radius 2 is 2.00 bits per heavy atom. The van der Waals surface area contributed by atoms with E-state index < -0.39 is 5.60 Å². The van der Waals surface area contributed by atoms with E-state index in [9.17, 15) is 5.11 Å². The fourth-order valence-electron chi connectivity index (χ4n) is 3.68. The van der Waals surface area contributed by atoms with Gasteiger partial charge in [-0.1, -0.05) is 48.5 Å². The molecule has 0 amide bonds. The van der Waals surface area contributed by atoms with Crippen LogP contribution in [0.4, 0.5) is 0 Å². The lowest BCUT2D eigenvalue weighted by atomic mass is 9.89. The topological polar surface area (TPSA) is 89.9 Å². The highest BCUT2D eigenvalue weighted by molar-refractivity contribution is 5.55. The zero-order valence-corrected chi connectivity index (χ0v) is 16.9. The van der Waals surface area contributed by atoms with Gasteiger partial charge in [-0.25, -0.2) is 4.68 Å². The molecular weight excluding hydrogens is 354 g/mol. The Kier molecular flexibility index (Phi) is 4.79. The molecular formula is C21H27N5O2. The smallest absolute Gasteiger partial charge is 0.230 e. The van der Waals surface area contributed by atoms with Gasteiger partial charge in [0, 0.05) is 24.4 Å². The van der Waals surface area contributed by atoms with Crippen molar-refractivity contribution in [2.75, 3.05) is 0 Å². The summed E-state index contributed by atoms with van der Waals surface area (Å²) in [6, 6.07) is 7.63. The third-order valence-corrected chi connectivity index (χ3v) is 5.27. The zero-order valence-electron chi connectivity index (χ0n) is 16.9. The van der Waals surface area contributed by atoms with Gasteiger partial charge in [0.25, 0.3) is 0 Å². The first-order valence-corrected chi connectivity index (χ1v) is 9.89. The Bertz CT molecular complexity index is 950. The summed E-state index contributed by atoms with van der Waals surface area (Å²) in [5, 5.41) is 23.0. The molecule has 2 aromatic heterocycles. The minimum atomic E-state index is -0.867. The number of benzene rings is 1. The average molecular weight is 381 g/mol. The maximum atomic E-state index is 10.1. The minimum Gasteiger partial charge on any atom is -0.386 e. The van der Waals surface area contributed by atoms with Gasteiger partial charge in [-0.15, -0.1) is 5.10 Å². The van der Waals surface area contributed by atoms with Crippen LogP contribution in [0.15, 0.2) is 28.8 Å². The normalized spacial score (nSPS) is 17.1. The van der Waals surface area contributed by atoms with Gasteiger partial charge in [0.15, 0.2) is 0 Å². The lowest BCUT2D eigenvalue weighted by Gasteiger charge is -2.19. The summed E-state index contributed by atoms with van der Waals surface area (Å²) in [6.07, 6.45) is 2.65. The van der Waals surface area contributed by atoms with Crippen LogP contribution in [0.2, 0.25) is 0 Å². The fourth-order valence-corrected chi connectivity index (χ4v) is 3.68. The van der Waals surface area contributed by atoms with Gasteiger partial charge in [0.05, 0.1) is 17.0 Å². The third-order valence-electron chi connectivity index (χ3n) is 5.27. The Labute approximate surface area is 164 Å². The Morgan fingerprint density at radius 1 is 1.25 bits per heavy atom. The molecule has 28 heavy (non-hydrogen) atoms. The van der Waals surface area contributed by atoms with Crippen molar-refractivity contribution in [3.63, 3.8) is 0 Å². The molecule has 0 bridgehead atoms. The number of hydrogen-bond donors (Lipinski definition) is 1. The van der Waals surface area contributed by atoms with Crippen molar-refractivity contribution in [1.82, 2.24) is 25.1 Å². The number of hydrogen-bond acceptors (Lipinski definition) is 6. The third kappa shape index (κ3) is 3.71. The lowest BCUT2D eigenvalue weighted by molar-refractivity contribution is 0.0786. The highest BCUT2D eigenvalue weighted by Crippen LogP contribution is 2.32. The van der Waals surface area contributed by atoms with Gasteiger partial charge in [-0.05, 0) is 38.2 Å². The molecule has 0 aliphatic heterocycles. The van der Waals surface area contributed by atoms with Gasteiger partial charge < -0.3 is 9.63 Å². The van der Waals surface area contributed by atoms with E-state index in [-0.39, 0.29) is 5.92 Å². The molecule has 2 heterocycles. The summed E-state index contributed by atoms with van der Waals surface area (Å²) in [5.41, 5.74) is 3.16. The predicted molar refractivity (Wildman–Crippen MR) is 105 cm³/mol. The maximum Gasteiger partial charge on any atom is 0.230 e. The molecule has 1 aromatic carbocycles. The van der Waals surface area contributed by atoms with Crippen LogP contribution in [0, 0.1) is 5.92 Å². The van der Waals surface area contributed by atoms with Crippen LogP contribution in [0.25, 0.3) is 11.4 Å². The van der Waals surface area contributed by atoms with E-state index in [1.807, 2.05) is 28.9 Å². The van der Waals surface area contributed by atoms with E-state index >= 15 is 0 Å². The van der Waals surface area contributed by atoms with Crippen LogP contribution in [0.5, 0.6) is 0 Å². The molecule has 1 aliphatic carbocycles. The molecule has 1 atom stereocenters. The number of aliphatic hydroxyl groups is 1. The summed E-state index contributed by atoms with van der Waals surface area (Å²) >= 11 is 0. The van der Waals surface area contributed by atoms with Gasteiger partial charge >= 0.3 is 0 Å². The van der Waals surface area contributed by atoms with Crippen LogP contribution in [-0.2, 0) is 25.0 Å². The second-order valence-corrected chi connectivity index (χ2v) is 8.59. The quantitative estimate of drug-likeness (QED) is 0.728. The molecule has 0 saturated heterocycles. The van der Waals surface area contributed by atoms with E-state index in [1.54, 1.807) is 13.8 Å². The van der Waals surface area contributed by atoms with E-state index in [0.29, 0.717) is 17.6 Å². The number of fused-ring (bicyclic) bond motifs is 1. The van der Waals surface area contributed by atoms with Crippen LogP contribution in [0.3, 0.4) is 0 Å². The van der Waals surface area contributed by atoms with E-state index in [0.717, 1.165) is 42.6 Å². The van der Waals surface area contributed by atoms with Gasteiger partial charge in [-0.2, -0.15) is 4.98 Å². The summed E-state index contributed by atoms with van der Waals surface area (Å²) in [5.74, 6) is 1.96. The summed E-state index contributed by atoms with van der Waals surface area (Å²) in [4.78, 5) is 4.65. The van der Waals surface area contributed by atoms with Gasteiger partial charge in [0.2, 0.25) is 11.7 Å². The molecule has 0 saturated carbocycles. The predicted octanol–water partition coefficient (Wildman–Crippen LogP) is 3.48. The average Bonchev–Trinajstić information content (AvgIpc) is 3.28. The number of rotatable bonds is 5. The van der Waals surface area contributed by atoms with Crippen LogP contribution >= 0.6 is 0 Å². The zero-order chi connectivity index (χ0) is 19.9. The number of nitrogens with zero attached hydrogens (tertiary/aromatic N) is 5. The molecule has 4 rings (SSSR count). The Balaban J connectivity index is 1.53. The standard InChI is InChI=1S/C21H27N5O2/c1-13(2)12-26-18-11-15(7-10-17(18)23-25-26)20-22-19(24-28-20)14-5-8-16(9-6-14)21(3,4)27/h5-6,8-9,13,15,27H,7,10-12H2,1-4H3. The van der Waals surface area contributed by atoms with Crippen molar-refractivity contribution in [3.8, 4) is 11.4 Å². The first-order chi connectivity index (χ1) is 13.3. The Hall–Kier alpha value is -2.54. The fraction of sp³-hybridized carbons (Fsp3) is 0.524. The number of aromatic nitrogens is 5. The second-order valence-electron chi connectivity index (χ2n) is 8.59. The molecule has 0 fully saturated rings. The largest absolute Gasteiger partial charge is 0.386 e. The minimum absolute atomic E-state index is 0.189. The van der Waals surface area contributed by atoms with E-state index in [2.05, 4.69) is 34.3 Å². The van der Waals surface area contributed by atoms with Crippen molar-refractivity contribution in [2.45, 2.75) is 65.0 Å². The highest BCUT2D eigenvalue weighted by atomic mass is 16.5. The molecule has 0 radical (unpaired) electrons. The highest BCUT2D eigenvalue weighted by Gasteiger charge is 2.29. The van der Waals surface area contributed by atoms with E-state index in [1.165, 1.54) is 5.69 Å². The van der Waals surface area contributed by atoms with Crippen molar-refractivity contribution in [3.05, 3.63) is 47.1 Å². The van der Waals surface area contributed by atoms with Crippen molar-refractivity contribution in [2.24, 2.45) is 5.92 Å². The van der Waals surface area contributed by atoms with Crippen LogP contribution in [0.1, 0.15) is 62.9 Å². The van der Waals surface area contributed by atoms with E-state index in [4.69, 9.17) is 4.52 Å². The summed E-state index contributed by atoms with van der Waals surface area (Å²) in [7, 11) is 0. The maximum absolute atomic E-state index is 10.1. The van der Waals surface area contributed by atoms with Crippen LogP contribution < -0.4 is 0 Å². The lowest BCUT2D eigenvalue weighted by Crippen LogP contribution is -2.18. The summed E-state index contributed by atoms with van der Waals surface area (Å²) < 4.78 is 7.63. The molecule has 148 valence electrons. The van der Waals surface area contributed by atoms with Gasteiger partial charge in [-0.3, -0.25) is 0 Å². The monoisotopic (exact) mass is 381 g/mol.